The minimum Gasteiger partial charge on any atom is -0.493 e. The van der Waals surface area contributed by atoms with Gasteiger partial charge in [-0.2, -0.15) is 0 Å². The van der Waals surface area contributed by atoms with Crippen molar-refractivity contribution in [1.82, 2.24) is 10.6 Å². The van der Waals surface area contributed by atoms with Crippen LogP contribution in [0.3, 0.4) is 0 Å². The third kappa shape index (κ3) is 6.13. The second-order valence-corrected chi connectivity index (χ2v) is 7.73. The Kier molecular flexibility index (Phi) is 8.54. The van der Waals surface area contributed by atoms with Gasteiger partial charge in [0.25, 0.3) is 5.91 Å². The number of rotatable bonds is 9. The number of aryl methyl sites for hydroxylation is 1. The third-order valence-corrected chi connectivity index (χ3v) is 4.87. The average Bonchev–Trinajstić information content (AvgIpc) is 2.71. The lowest BCUT2D eigenvalue weighted by Crippen LogP contribution is -2.49. The van der Waals surface area contributed by atoms with Gasteiger partial charge in [-0.05, 0) is 49.6 Å². The SMILES string of the molecule is CCOc1c(Cl)cc(CNC(=O)C(NC(=O)c2ccc(C)cc2)C(C)C)cc1OC. The first-order chi connectivity index (χ1) is 14.3. The number of hydrogen-bond acceptors (Lipinski definition) is 4. The normalized spacial score (nSPS) is 11.7. The fourth-order valence-electron chi connectivity index (χ4n) is 2.92. The van der Waals surface area contributed by atoms with Crippen molar-refractivity contribution in [3.63, 3.8) is 0 Å². The molecule has 2 aromatic rings. The van der Waals surface area contributed by atoms with Gasteiger partial charge in [-0.15, -0.1) is 0 Å². The van der Waals surface area contributed by atoms with Crippen molar-refractivity contribution in [3.8, 4) is 11.5 Å². The highest BCUT2D eigenvalue weighted by molar-refractivity contribution is 6.32. The zero-order chi connectivity index (χ0) is 22.3. The monoisotopic (exact) mass is 432 g/mol. The summed E-state index contributed by atoms with van der Waals surface area (Å²) in [6, 6.07) is 10.0. The van der Waals surface area contributed by atoms with Gasteiger partial charge in [0.2, 0.25) is 5.91 Å². The van der Waals surface area contributed by atoms with Crippen molar-refractivity contribution in [2.24, 2.45) is 5.92 Å². The van der Waals surface area contributed by atoms with Crippen LogP contribution in [0.5, 0.6) is 11.5 Å². The van der Waals surface area contributed by atoms with Gasteiger partial charge in [0.1, 0.15) is 6.04 Å². The second-order valence-electron chi connectivity index (χ2n) is 7.32. The number of methoxy groups -OCH3 is 1. The highest BCUT2D eigenvalue weighted by Gasteiger charge is 2.24. The Balaban J connectivity index is 2.07. The molecule has 0 heterocycles. The maximum absolute atomic E-state index is 12.8. The van der Waals surface area contributed by atoms with Gasteiger partial charge in [0, 0.05) is 12.1 Å². The molecule has 2 rings (SSSR count). The van der Waals surface area contributed by atoms with Crippen LogP contribution in [-0.2, 0) is 11.3 Å². The number of ether oxygens (including phenoxy) is 2. The van der Waals surface area contributed by atoms with Crippen molar-refractivity contribution >= 4 is 23.4 Å². The average molecular weight is 433 g/mol. The van der Waals surface area contributed by atoms with E-state index >= 15 is 0 Å². The van der Waals surface area contributed by atoms with Gasteiger partial charge in [-0.3, -0.25) is 9.59 Å². The third-order valence-electron chi connectivity index (χ3n) is 4.59. The lowest BCUT2D eigenvalue weighted by molar-refractivity contribution is -0.124. The van der Waals surface area contributed by atoms with Crippen LogP contribution < -0.4 is 20.1 Å². The van der Waals surface area contributed by atoms with E-state index in [4.69, 9.17) is 21.1 Å². The van der Waals surface area contributed by atoms with E-state index in [9.17, 15) is 9.59 Å². The summed E-state index contributed by atoms with van der Waals surface area (Å²) in [5, 5.41) is 6.10. The Morgan fingerprint density at radius 2 is 1.80 bits per heavy atom. The molecule has 0 spiro atoms. The molecule has 2 aromatic carbocycles. The van der Waals surface area contributed by atoms with Crippen LogP contribution in [0.25, 0.3) is 0 Å². The van der Waals surface area contributed by atoms with Gasteiger partial charge in [-0.25, -0.2) is 0 Å². The van der Waals surface area contributed by atoms with Gasteiger partial charge in [0.05, 0.1) is 18.7 Å². The Morgan fingerprint density at radius 1 is 1.13 bits per heavy atom. The molecule has 30 heavy (non-hydrogen) atoms. The summed E-state index contributed by atoms with van der Waals surface area (Å²) in [7, 11) is 1.53. The number of hydrogen-bond donors (Lipinski definition) is 2. The summed E-state index contributed by atoms with van der Waals surface area (Å²) in [6.45, 7) is 8.29. The van der Waals surface area contributed by atoms with Crippen LogP contribution in [0.2, 0.25) is 5.02 Å². The van der Waals surface area contributed by atoms with Gasteiger partial charge in [0.15, 0.2) is 11.5 Å². The van der Waals surface area contributed by atoms with Crippen molar-refractivity contribution < 1.29 is 19.1 Å². The Morgan fingerprint density at radius 3 is 2.37 bits per heavy atom. The first-order valence-electron chi connectivity index (χ1n) is 9.91. The molecule has 0 saturated heterocycles. The van der Waals surface area contributed by atoms with E-state index in [-0.39, 0.29) is 24.3 Å². The summed E-state index contributed by atoms with van der Waals surface area (Å²) in [4.78, 5) is 25.3. The Labute approximate surface area is 182 Å². The summed E-state index contributed by atoms with van der Waals surface area (Å²) < 4.78 is 10.9. The van der Waals surface area contributed by atoms with Crippen molar-refractivity contribution in [2.45, 2.75) is 40.3 Å². The van der Waals surface area contributed by atoms with Crippen LogP contribution in [0.15, 0.2) is 36.4 Å². The lowest BCUT2D eigenvalue weighted by Gasteiger charge is -2.22. The largest absolute Gasteiger partial charge is 0.493 e. The number of carbonyl (C=O) groups excluding carboxylic acids is 2. The molecule has 6 nitrogen and oxygen atoms in total. The molecule has 0 fully saturated rings. The van der Waals surface area contributed by atoms with E-state index in [1.807, 2.05) is 39.8 Å². The maximum Gasteiger partial charge on any atom is 0.251 e. The number of halogens is 1. The zero-order valence-electron chi connectivity index (χ0n) is 18.0. The van der Waals surface area contributed by atoms with E-state index in [0.717, 1.165) is 11.1 Å². The highest BCUT2D eigenvalue weighted by Crippen LogP contribution is 2.36. The quantitative estimate of drug-likeness (QED) is 0.624. The van der Waals surface area contributed by atoms with Crippen molar-refractivity contribution in [3.05, 3.63) is 58.1 Å². The van der Waals surface area contributed by atoms with Crippen LogP contribution in [-0.4, -0.2) is 31.6 Å². The molecule has 162 valence electrons. The zero-order valence-corrected chi connectivity index (χ0v) is 18.8. The van der Waals surface area contributed by atoms with E-state index < -0.39 is 6.04 Å². The fourth-order valence-corrected chi connectivity index (χ4v) is 3.21. The van der Waals surface area contributed by atoms with Crippen LogP contribution in [0.1, 0.15) is 42.3 Å². The summed E-state index contributed by atoms with van der Waals surface area (Å²) in [5.41, 5.74) is 2.34. The molecule has 2 N–H and O–H groups in total. The number of benzene rings is 2. The molecule has 7 heteroatoms. The Bertz CT molecular complexity index is 882. The molecule has 1 atom stereocenters. The first-order valence-corrected chi connectivity index (χ1v) is 10.3. The standard InChI is InChI=1S/C23H29ClN2O4/c1-6-30-21-18(24)11-16(12-19(21)29-5)13-25-23(28)20(14(2)3)26-22(27)17-9-7-15(4)8-10-17/h7-12,14,20H,6,13H2,1-5H3,(H,25,28)(H,26,27). The first kappa shape index (κ1) is 23.5. The van der Waals surface area contributed by atoms with Crippen LogP contribution in [0, 0.1) is 12.8 Å². The van der Waals surface area contributed by atoms with Gasteiger partial charge in [-0.1, -0.05) is 43.1 Å². The van der Waals surface area contributed by atoms with Crippen molar-refractivity contribution in [2.75, 3.05) is 13.7 Å². The predicted molar refractivity (Wildman–Crippen MR) is 118 cm³/mol. The molecule has 0 bridgehead atoms. The summed E-state index contributed by atoms with van der Waals surface area (Å²) in [5.74, 6) is 0.339. The topological polar surface area (TPSA) is 76.7 Å². The van der Waals surface area contributed by atoms with E-state index in [1.165, 1.54) is 7.11 Å². The van der Waals surface area contributed by atoms with E-state index in [2.05, 4.69) is 10.6 Å². The summed E-state index contributed by atoms with van der Waals surface area (Å²) in [6.07, 6.45) is 0. The highest BCUT2D eigenvalue weighted by atomic mass is 35.5. The molecule has 0 aromatic heterocycles. The molecule has 0 radical (unpaired) electrons. The molecular formula is C23H29ClN2O4. The molecule has 0 aliphatic rings. The van der Waals surface area contributed by atoms with E-state index in [0.29, 0.717) is 28.7 Å². The molecule has 0 aliphatic heterocycles. The van der Waals surface area contributed by atoms with Gasteiger partial charge >= 0.3 is 0 Å². The lowest BCUT2D eigenvalue weighted by atomic mass is 10.0. The Hall–Kier alpha value is -2.73. The molecular weight excluding hydrogens is 404 g/mol. The maximum atomic E-state index is 12.8. The predicted octanol–water partition coefficient (Wildman–Crippen LogP) is 4.13. The number of nitrogens with one attached hydrogen (secondary N) is 2. The van der Waals surface area contributed by atoms with Crippen LogP contribution >= 0.6 is 11.6 Å². The van der Waals surface area contributed by atoms with Crippen LogP contribution in [0.4, 0.5) is 0 Å². The second kappa shape index (κ2) is 10.9. The van der Waals surface area contributed by atoms with Gasteiger partial charge < -0.3 is 20.1 Å². The minimum atomic E-state index is -0.668. The number of carbonyl (C=O) groups is 2. The number of amides is 2. The van der Waals surface area contributed by atoms with Crippen molar-refractivity contribution in [1.29, 1.82) is 0 Å². The summed E-state index contributed by atoms with van der Waals surface area (Å²) >= 11 is 6.29. The molecule has 0 aliphatic carbocycles. The minimum absolute atomic E-state index is 0.0853. The molecule has 1 unspecified atom stereocenters. The molecule has 0 saturated carbocycles. The van der Waals surface area contributed by atoms with E-state index in [1.54, 1.807) is 24.3 Å². The molecule has 2 amide bonds. The smallest absolute Gasteiger partial charge is 0.251 e. The fraction of sp³-hybridized carbons (Fsp3) is 0.391.